The molecule has 0 aromatic carbocycles. The summed E-state index contributed by atoms with van der Waals surface area (Å²) in [5, 5.41) is 4.88. The van der Waals surface area contributed by atoms with Crippen molar-refractivity contribution < 1.29 is 9.53 Å². The molecular weight excluding hydrogens is 302 g/mol. The third-order valence-electron chi connectivity index (χ3n) is 3.25. The summed E-state index contributed by atoms with van der Waals surface area (Å²) in [6, 6.07) is 1.86. The molecule has 17 heavy (non-hydrogen) atoms. The zero-order valence-electron chi connectivity index (χ0n) is 9.79. The van der Waals surface area contributed by atoms with E-state index in [-0.39, 0.29) is 5.91 Å². The van der Waals surface area contributed by atoms with Gasteiger partial charge in [0.2, 0.25) is 0 Å². The van der Waals surface area contributed by atoms with Gasteiger partial charge in [0.1, 0.15) is 0 Å². The second-order valence-electron chi connectivity index (χ2n) is 4.56. The zero-order chi connectivity index (χ0) is 12.3. The molecule has 1 aliphatic carbocycles. The first-order valence-corrected chi connectivity index (χ1v) is 7.34. The molecule has 94 valence electrons. The molecule has 0 bridgehead atoms. The first-order valence-electron chi connectivity index (χ1n) is 5.66. The van der Waals surface area contributed by atoms with Crippen LogP contribution in [0, 0.1) is 5.41 Å². The van der Waals surface area contributed by atoms with Crippen LogP contribution in [0.25, 0.3) is 0 Å². The van der Waals surface area contributed by atoms with Gasteiger partial charge in [0, 0.05) is 25.6 Å². The van der Waals surface area contributed by atoms with Gasteiger partial charge < -0.3 is 10.1 Å². The minimum absolute atomic E-state index is 0.0237. The third kappa shape index (κ3) is 3.53. The van der Waals surface area contributed by atoms with Gasteiger partial charge in [-0.1, -0.05) is 0 Å². The van der Waals surface area contributed by atoms with Crippen molar-refractivity contribution in [3.63, 3.8) is 0 Å². The van der Waals surface area contributed by atoms with Gasteiger partial charge in [0.15, 0.2) is 0 Å². The average Bonchev–Trinajstić information content (AvgIpc) is 2.97. The van der Waals surface area contributed by atoms with Crippen molar-refractivity contribution in [2.75, 3.05) is 20.3 Å². The molecule has 3 nitrogen and oxygen atoms in total. The van der Waals surface area contributed by atoms with E-state index in [2.05, 4.69) is 21.2 Å². The van der Waals surface area contributed by atoms with Crippen LogP contribution in [0.5, 0.6) is 0 Å². The Hall–Kier alpha value is -0.390. The Morgan fingerprint density at radius 3 is 2.94 bits per heavy atom. The number of ether oxygens (including phenoxy) is 1. The summed E-state index contributed by atoms with van der Waals surface area (Å²) in [6.45, 7) is 1.54. The summed E-state index contributed by atoms with van der Waals surface area (Å²) in [6.07, 6.45) is 3.44. The Bertz CT molecular complexity index is 401. The Morgan fingerprint density at radius 1 is 1.65 bits per heavy atom. The molecule has 1 N–H and O–H groups in total. The van der Waals surface area contributed by atoms with Gasteiger partial charge in [0.05, 0.1) is 9.35 Å². The normalized spacial score (nSPS) is 16.8. The quantitative estimate of drug-likeness (QED) is 0.875. The van der Waals surface area contributed by atoms with Crippen LogP contribution in [0.3, 0.4) is 0 Å². The molecule has 0 radical (unpaired) electrons. The zero-order valence-corrected chi connectivity index (χ0v) is 12.2. The number of methoxy groups -OCH3 is 1. The first kappa shape index (κ1) is 13.1. The summed E-state index contributed by atoms with van der Waals surface area (Å²) >= 11 is 4.89. The molecule has 0 atom stereocenters. The van der Waals surface area contributed by atoms with Crippen LogP contribution in [-0.2, 0) is 4.74 Å². The molecule has 0 saturated heterocycles. The number of rotatable bonds is 6. The average molecular weight is 318 g/mol. The smallest absolute Gasteiger partial charge is 0.252 e. The largest absolute Gasteiger partial charge is 0.385 e. The lowest BCUT2D eigenvalue weighted by atomic mass is 10.0. The molecule has 5 heteroatoms. The lowest BCUT2D eigenvalue weighted by molar-refractivity contribution is 0.0938. The van der Waals surface area contributed by atoms with E-state index in [1.54, 1.807) is 7.11 Å². The van der Waals surface area contributed by atoms with Crippen molar-refractivity contribution in [3.05, 3.63) is 20.8 Å². The van der Waals surface area contributed by atoms with Crippen LogP contribution in [0.4, 0.5) is 0 Å². The molecular formula is C12H16BrNO2S. The maximum atomic E-state index is 11.8. The second-order valence-corrected chi connectivity index (χ2v) is 6.86. The molecule has 1 amide bonds. The number of thiophene rings is 1. The van der Waals surface area contributed by atoms with Crippen molar-refractivity contribution in [2.45, 2.75) is 19.3 Å². The highest BCUT2D eigenvalue weighted by Gasteiger charge is 2.42. The van der Waals surface area contributed by atoms with Crippen LogP contribution < -0.4 is 5.32 Å². The molecule has 2 rings (SSSR count). The highest BCUT2D eigenvalue weighted by atomic mass is 79.9. The minimum Gasteiger partial charge on any atom is -0.385 e. The Morgan fingerprint density at radius 2 is 2.41 bits per heavy atom. The monoisotopic (exact) mass is 317 g/mol. The van der Waals surface area contributed by atoms with E-state index in [4.69, 9.17) is 4.74 Å². The summed E-state index contributed by atoms with van der Waals surface area (Å²) < 4.78 is 6.08. The van der Waals surface area contributed by atoms with Crippen LogP contribution in [0.2, 0.25) is 0 Å². The van der Waals surface area contributed by atoms with Crippen molar-refractivity contribution in [1.82, 2.24) is 5.32 Å². The second kappa shape index (κ2) is 5.50. The number of carbonyl (C=O) groups is 1. The standard InChI is InChI=1S/C12H16BrNO2S/c1-16-5-4-12(2-3-12)8-14-11(15)9-6-10(13)17-7-9/h6-7H,2-5,8H2,1H3,(H,14,15). The highest BCUT2D eigenvalue weighted by Crippen LogP contribution is 2.48. The number of nitrogens with one attached hydrogen (secondary N) is 1. The predicted octanol–water partition coefficient (Wildman–Crippen LogP) is 3.06. The molecule has 1 aromatic rings. The van der Waals surface area contributed by atoms with Crippen LogP contribution in [-0.4, -0.2) is 26.2 Å². The summed E-state index contributed by atoms with van der Waals surface area (Å²) in [5.41, 5.74) is 1.04. The number of carbonyl (C=O) groups excluding carboxylic acids is 1. The Kier molecular flexibility index (Phi) is 4.22. The Labute approximate surface area is 114 Å². The van der Waals surface area contributed by atoms with E-state index in [0.29, 0.717) is 5.41 Å². The van der Waals surface area contributed by atoms with E-state index in [9.17, 15) is 4.79 Å². The SMILES string of the molecule is COCCC1(CNC(=O)c2csc(Br)c2)CC1. The fourth-order valence-electron chi connectivity index (χ4n) is 1.81. The van der Waals surface area contributed by atoms with Crippen molar-refractivity contribution in [2.24, 2.45) is 5.41 Å². The van der Waals surface area contributed by atoms with Gasteiger partial charge in [-0.15, -0.1) is 11.3 Å². The number of amides is 1. The number of hydrogen-bond donors (Lipinski definition) is 1. The number of halogens is 1. The minimum atomic E-state index is 0.0237. The van der Waals surface area contributed by atoms with Gasteiger partial charge in [-0.2, -0.15) is 0 Å². The van der Waals surface area contributed by atoms with Gasteiger partial charge in [-0.25, -0.2) is 0 Å². The van der Waals surface area contributed by atoms with Crippen molar-refractivity contribution in [1.29, 1.82) is 0 Å². The van der Waals surface area contributed by atoms with E-state index in [1.807, 2.05) is 11.4 Å². The summed E-state index contributed by atoms with van der Waals surface area (Å²) in [5.74, 6) is 0.0237. The maximum Gasteiger partial charge on any atom is 0.252 e. The third-order valence-corrected chi connectivity index (χ3v) is 4.75. The van der Waals surface area contributed by atoms with Crippen molar-refractivity contribution >= 4 is 33.2 Å². The molecule has 1 aliphatic rings. The maximum absolute atomic E-state index is 11.8. The van der Waals surface area contributed by atoms with E-state index in [1.165, 1.54) is 24.2 Å². The molecule has 0 unspecified atom stereocenters. The first-order chi connectivity index (χ1) is 8.15. The van der Waals surface area contributed by atoms with E-state index >= 15 is 0 Å². The van der Waals surface area contributed by atoms with Gasteiger partial charge in [-0.05, 0) is 46.7 Å². The lowest BCUT2D eigenvalue weighted by Gasteiger charge is -2.15. The topological polar surface area (TPSA) is 38.3 Å². The lowest BCUT2D eigenvalue weighted by Crippen LogP contribution is -2.30. The number of hydrogen-bond acceptors (Lipinski definition) is 3. The van der Waals surface area contributed by atoms with Gasteiger partial charge in [-0.3, -0.25) is 4.79 Å². The van der Waals surface area contributed by atoms with Gasteiger partial charge in [0.25, 0.3) is 5.91 Å². The molecule has 1 saturated carbocycles. The summed E-state index contributed by atoms with van der Waals surface area (Å²) in [4.78, 5) is 11.8. The van der Waals surface area contributed by atoms with Crippen molar-refractivity contribution in [3.8, 4) is 0 Å². The predicted molar refractivity (Wildman–Crippen MR) is 72.5 cm³/mol. The van der Waals surface area contributed by atoms with Crippen LogP contribution in [0.15, 0.2) is 15.2 Å². The molecule has 1 fully saturated rings. The van der Waals surface area contributed by atoms with E-state index in [0.717, 1.165) is 28.9 Å². The molecule has 0 spiro atoms. The fourth-order valence-corrected chi connectivity index (χ4v) is 2.95. The van der Waals surface area contributed by atoms with Crippen LogP contribution >= 0.6 is 27.3 Å². The van der Waals surface area contributed by atoms with E-state index < -0.39 is 0 Å². The van der Waals surface area contributed by atoms with Crippen LogP contribution in [0.1, 0.15) is 29.6 Å². The highest BCUT2D eigenvalue weighted by molar-refractivity contribution is 9.11. The Balaban J connectivity index is 1.80. The fraction of sp³-hybridized carbons (Fsp3) is 0.583. The molecule has 1 aromatic heterocycles. The van der Waals surface area contributed by atoms with Gasteiger partial charge >= 0.3 is 0 Å². The summed E-state index contributed by atoms with van der Waals surface area (Å²) in [7, 11) is 1.72. The molecule has 0 aliphatic heterocycles. The molecule has 1 heterocycles.